The molecule has 0 N–H and O–H groups in total. The number of hydrogen-bond acceptors (Lipinski definition) is 3. The van der Waals surface area contributed by atoms with Crippen LogP contribution in [0, 0.1) is 3.57 Å². The van der Waals surface area contributed by atoms with Crippen molar-refractivity contribution in [3.8, 4) is 5.69 Å². The van der Waals surface area contributed by atoms with E-state index in [0.29, 0.717) is 12.3 Å². The highest BCUT2D eigenvalue weighted by atomic mass is 127. The van der Waals surface area contributed by atoms with E-state index in [9.17, 15) is 4.79 Å². The number of nitrogens with zero attached hydrogens (tertiary/aromatic N) is 2. The first-order chi connectivity index (χ1) is 8.61. The van der Waals surface area contributed by atoms with Gasteiger partial charge in [-0.05, 0) is 63.6 Å². The van der Waals surface area contributed by atoms with Gasteiger partial charge in [0.2, 0.25) is 0 Å². The molecule has 18 heavy (non-hydrogen) atoms. The minimum atomic E-state index is -0.405. The lowest BCUT2D eigenvalue weighted by Crippen LogP contribution is -2.04. The Morgan fingerprint density at radius 2 is 2.33 bits per heavy atom. The molecule has 1 aromatic carbocycles. The van der Waals surface area contributed by atoms with Gasteiger partial charge in [0.05, 0.1) is 12.3 Å². The summed E-state index contributed by atoms with van der Waals surface area (Å²) in [7, 11) is 0. The van der Waals surface area contributed by atoms with E-state index in [4.69, 9.17) is 4.74 Å². The van der Waals surface area contributed by atoms with E-state index in [1.165, 1.54) is 0 Å². The maximum atomic E-state index is 11.5. The third-order valence-corrected chi connectivity index (χ3v) is 3.60. The molecule has 2 aromatic rings. The standard InChI is InChI=1S/C12H10BrIN2O2/c1-2-18-12(17)10-6-16(7-15-10)11-5-8(14)3-4-9(11)13/h3-7H,2H2,1H3. The first kappa shape index (κ1) is 13.5. The van der Waals surface area contributed by atoms with Gasteiger partial charge in [0.1, 0.15) is 6.33 Å². The van der Waals surface area contributed by atoms with Gasteiger partial charge in [-0.15, -0.1) is 0 Å². The van der Waals surface area contributed by atoms with E-state index in [0.717, 1.165) is 13.7 Å². The molecule has 0 bridgehead atoms. The molecule has 0 spiro atoms. The molecule has 0 radical (unpaired) electrons. The monoisotopic (exact) mass is 420 g/mol. The smallest absolute Gasteiger partial charge is 0.358 e. The van der Waals surface area contributed by atoms with Crippen molar-refractivity contribution in [1.29, 1.82) is 0 Å². The number of esters is 1. The number of benzene rings is 1. The minimum absolute atomic E-state index is 0.308. The minimum Gasteiger partial charge on any atom is -0.461 e. The van der Waals surface area contributed by atoms with E-state index in [1.807, 2.05) is 18.2 Å². The topological polar surface area (TPSA) is 44.1 Å². The lowest BCUT2D eigenvalue weighted by atomic mass is 10.3. The lowest BCUT2D eigenvalue weighted by Gasteiger charge is -2.05. The van der Waals surface area contributed by atoms with Gasteiger partial charge in [-0.3, -0.25) is 0 Å². The number of imidazole rings is 1. The predicted molar refractivity (Wildman–Crippen MR) is 79.9 cm³/mol. The van der Waals surface area contributed by atoms with Gasteiger partial charge in [0, 0.05) is 14.2 Å². The van der Waals surface area contributed by atoms with Crippen LogP contribution < -0.4 is 0 Å². The molecule has 0 saturated heterocycles. The maximum absolute atomic E-state index is 11.5. The third-order valence-electron chi connectivity index (χ3n) is 2.25. The Balaban J connectivity index is 2.35. The third kappa shape index (κ3) is 2.92. The van der Waals surface area contributed by atoms with Crippen molar-refractivity contribution < 1.29 is 9.53 Å². The zero-order valence-corrected chi connectivity index (χ0v) is 13.3. The summed E-state index contributed by atoms with van der Waals surface area (Å²) < 4.78 is 8.74. The SMILES string of the molecule is CCOC(=O)c1cn(-c2cc(I)ccc2Br)cn1. The summed E-state index contributed by atoms with van der Waals surface area (Å²) >= 11 is 5.71. The molecule has 0 fully saturated rings. The van der Waals surface area contributed by atoms with Crippen LogP contribution in [0.1, 0.15) is 17.4 Å². The Bertz CT molecular complexity index is 583. The van der Waals surface area contributed by atoms with Crippen LogP contribution in [-0.4, -0.2) is 22.1 Å². The number of hydrogen-bond donors (Lipinski definition) is 0. The maximum Gasteiger partial charge on any atom is 0.358 e. The molecule has 1 heterocycles. The van der Waals surface area contributed by atoms with Gasteiger partial charge < -0.3 is 9.30 Å². The lowest BCUT2D eigenvalue weighted by molar-refractivity contribution is 0.0520. The second-order valence-corrected chi connectivity index (χ2v) is 5.58. The quantitative estimate of drug-likeness (QED) is 0.564. The highest BCUT2D eigenvalue weighted by Gasteiger charge is 2.12. The summed E-state index contributed by atoms with van der Waals surface area (Å²) in [6, 6.07) is 5.96. The highest BCUT2D eigenvalue weighted by Crippen LogP contribution is 2.23. The molecular weight excluding hydrogens is 411 g/mol. The van der Waals surface area contributed by atoms with Crippen LogP contribution in [0.2, 0.25) is 0 Å². The van der Waals surface area contributed by atoms with Crippen molar-refractivity contribution in [3.63, 3.8) is 0 Å². The number of carbonyl (C=O) groups is 1. The second-order valence-electron chi connectivity index (χ2n) is 3.48. The molecular formula is C12H10BrIN2O2. The largest absolute Gasteiger partial charge is 0.461 e. The van der Waals surface area contributed by atoms with Crippen LogP contribution in [-0.2, 0) is 4.74 Å². The summed E-state index contributed by atoms with van der Waals surface area (Å²) in [5.74, 6) is -0.405. The van der Waals surface area contributed by atoms with Gasteiger partial charge in [0.15, 0.2) is 5.69 Å². The fraction of sp³-hybridized carbons (Fsp3) is 0.167. The van der Waals surface area contributed by atoms with Crippen LogP contribution >= 0.6 is 38.5 Å². The van der Waals surface area contributed by atoms with Crippen molar-refractivity contribution in [1.82, 2.24) is 9.55 Å². The van der Waals surface area contributed by atoms with Crippen molar-refractivity contribution in [2.45, 2.75) is 6.92 Å². The predicted octanol–water partition coefficient (Wildman–Crippen LogP) is 3.42. The molecule has 6 heteroatoms. The Morgan fingerprint density at radius 3 is 3.06 bits per heavy atom. The Kier molecular flexibility index (Phi) is 4.39. The zero-order valence-electron chi connectivity index (χ0n) is 9.56. The van der Waals surface area contributed by atoms with Crippen LogP contribution in [0.5, 0.6) is 0 Å². The molecule has 0 aliphatic rings. The highest BCUT2D eigenvalue weighted by molar-refractivity contribution is 14.1. The van der Waals surface area contributed by atoms with E-state index in [1.54, 1.807) is 24.0 Å². The van der Waals surface area contributed by atoms with E-state index < -0.39 is 5.97 Å². The first-order valence-electron chi connectivity index (χ1n) is 5.28. The van der Waals surface area contributed by atoms with Gasteiger partial charge in [-0.25, -0.2) is 9.78 Å². The van der Waals surface area contributed by atoms with E-state index in [2.05, 4.69) is 43.5 Å². The van der Waals surface area contributed by atoms with Crippen LogP contribution in [0.25, 0.3) is 5.69 Å². The van der Waals surface area contributed by atoms with Gasteiger partial charge in [-0.1, -0.05) is 0 Å². The Hall–Kier alpha value is -0.890. The van der Waals surface area contributed by atoms with Crippen LogP contribution in [0.15, 0.2) is 35.2 Å². The summed E-state index contributed by atoms with van der Waals surface area (Å²) in [5.41, 5.74) is 1.24. The normalized spacial score (nSPS) is 10.4. The van der Waals surface area contributed by atoms with E-state index >= 15 is 0 Å². The summed E-state index contributed by atoms with van der Waals surface area (Å²) in [4.78, 5) is 15.6. The van der Waals surface area contributed by atoms with Crippen LogP contribution in [0.4, 0.5) is 0 Å². The van der Waals surface area contributed by atoms with Crippen molar-refractivity contribution >= 4 is 44.5 Å². The van der Waals surface area contributed by atoms with Gasteiger partial charge in [0.25, 0.3) is 0 Å². The number of ether oxygens (including phenoxy) is 1. The summed E-state index contributed by atoms with van der Waals surface area (Å²) in [5, 5.41) is 0. The molecule has 0 aliphatic carbocycles. The van der Waals surface area contributed by atoms with Crippen molar-refractivity contribution in [2.24, 2.45) is 0 Å². The average molecular weight is 421 g/mol. The average Bonchev–Trinajstić information content (AvgIpc) is 2.82. The molecule has 94 valence electrons. The van der Waals surface area contributed by atoms with Crippen LogP contribution in [0.3, 0.4) is 0 Å². The van der Waals surface area contributed by atoms with Crippen molar-refractivity contribution in [2.75, 3.05) is 6.61 Å². The van der Waals surface area contributed by atoms with E-state index in [-0.39, 0.29) is 0 Å². The number of rotatable bonds is 3. The van der Waals surface area contributed by atoms with Gasteiger partial charge >= 0.3 is 5.97 Å². The molecule has 0 aliphatic heterocycles. The number of aromatic nitrogens is 2. The fourth-order valence-corrected chi connectivity index (χ4v) is 2.37. The molecule has 1 aromatic heterocycles. The Morgan fingerprint density at radius 1 is 1.56 bits per heavy atom. The molecule has 0 amide bonds. The molecule has 0 atom stereocenters. The number of carbonyl (C=O) groups excluding carboxylic acids is 1. The van der Waals surface area contributed by atoms with Gasteiger partial charge in [-0.2, -0.15) is 0 Å². The molecule has 2 rings (SSSR count). The second kappa shape index (κ2) is 5.83. The summed E-state index contributed by atoms with van der Waals surface area (Å²) in [6.45, 7) is 2.11. The number of halogens is 2. The first-order valence-corrected chi connectivity index (χ1v) is 7.15. The molecule has 0 saturated carbocycles. The summed E-state index contributed by atoms with van der Waals surface area (Å²) in [6.07, 6.45) is 3.26. The zero-order chi connectivity index (χ0) is 13.1. The Labute approximate surface area is 127 Å². The fourth-order valence-electron chi connectivity index (χ4n) is 1.45. The molecule has 0 unspecified atom stereocenters. The van der Waals surface area contributed by atoms with Crippen molar-refractivity contribution in [3.05, 3.63) is 44.5 Å². The molecule has 4 nitrogen and oxygen atoms in total.